The van der Waals surface area contributed by atoms with Gasteiger partial charge < -0.3 is 38.5 Å². The molecule has 0 bridgehead atoms. The number of ether oxygens (including phenoxy) is 1. The van der Waals surface area contributed by atoms with E-state index in [0.717, 1.165) is 50.0 Å². The molecule has 0 aromatic rings. The van der Waals surface area contributed by atoms with Crippen molar-refractivity contribution in [1.29, 1.82) is 0 Å². The van der Waals surface area contributed by atoms with Gasteiger partial charge in [-0.25, -0.2) is 0 Å². The number of quaternary nitrogens is 1. The number of nitrogens with one attached hydrogen (secondary N) is 1. The molecule has 0 rings (SSSR count). The third-order valence-corrected chi connectivity index (χ3v) is 6.41. The Morgan fingerprint density at radius 1 is 0.618 bits per heavy atom. The van der Waals surface area contributed by atoms with Crippen LogP contribution >= 0.6 is 0 Å². The van der Waals surface area contributed by atoms with Gasteiger partial charge >= 0.3 is 0 Å². The highest BCUT2D eigenvalue weighted by molar-refractivity contribution is 5.75. The zero-order valence-electron chi connectivity index (χ0n) is 23.6. The SMILES string of the molecule is CCCCCCCCCCCCCCCCCCOCCCCC(=O)NCCC[N+](C)(C)C.[I-]. The maximum atomic E-state index is 11.8. The summed E-state index contributed by atoms with van der Waals surface area (Å²) in [4.78, 5) is 11.8. The molecule has 0 aromatic carbocycles. The monoisotopic (exact) mass is 596 g/mol. The van der Waals surface area contributed by atoms with Crippen LogP contribution in [0.25, 0.3) is 0 Å². The van der Waals surface area contributed by atoms with Gasteiger partial charge in [-0.3, -0.25) is 4.79 Å². The number of amides is 1. The zero-order valence-corrected chi connectivity index (χ0v) is 25.8. The molecular weight excluding hydrogens is 535 g/mol. The van der Waals surface area contributed by atoms with Crippen LogP contribution in [0, 0.1) is 0 Å². The van der Waals surface area contributed by atoms with Gasteiger partial charge in [0.1, 0.15) is 0 Å². The standard InChI is InChI=1S/C29H60N2O2.HI/c1-5-6-7-8-9-10-11-12-13-14-15-16-17-18-19-21-27-33-28-22-20-24-29(32)30-25-23-26-31(2,3)4;/h5-28H2,1-4H3;1H. The molecule has 0 radical (unpaired) electrons. The van der Waals surface area contributed by atoms with E-state index in [1.165, 1.54) is 103 Å². The highest BCUT2D eigenvalue weighted by atomic mass is 127. The summed E-state index contributed by atoms with van der Waals surface area (Å²) >= 11 is 0. The molecule has 1 N–H and O–H groups in total. The first-order valence-corrected chi connectivity index (χ1v) is 14.6. The Morgan fingerprint density at radius 3 is 1.47 bits per heavy atom. The van der Waals surface area contributed by atoms with E-state index in [1.807, 2.05) is 0 Å². The van der Waals surface area contributed by atoms with E-state index in [0.29, 0.717) is 6.42 Å². The molecular formula is C29H61IN2O2. The molecule has 0 heterocycles. The first-order valence-electron chi connectivity index (χ1n) is 14.6. The quantitative estimate of drug-likeness (QED) is 0.0898. The van der Waals surface area contributed by atoms with Crippen molar-refractivity contribution < 1.29 is 38.0 Å². The Morgan fingerprint density at radius 2 is 1.03 bits per heavy atom. The van der Waals surface area contributed by atoms with Gasteiger partial charge in [-0.15, -0.1) is 0 Å². The van der Waals surface area contributed by atoms with Gasteiger partial charge in [0.15, 0.2) is 0 Å². The average Bonchev–Trinajstić information content (AvgIpc) is 2.77. The molecule has 0 aliphatic rings. The number of halogens is 1. The molecule has 1 amide bonds. The lowest BCUT2D eigenvalue weighted by molar-refractivity contribution is -0.870. The summed E-state index contributed by atoms with van der Waals surface area (Å²) in [6.45, 7) is 5.86. The summed E-state index contributed by atoms with van der Waals surface area (Å²) < 4.78 is 6.69. The van der Waals surface area contributed by atoms with E-state index in [9.17, 15) is 4.79 Å². The summed E-state index contributed by atoms with van der Waals surface area (Å²) in [6, 6.07) is 0. The Labute approximate surface area is 231 Å². The minimum Gasteiger partial charge on any atom is -1.00 e. The lowest BCUT2D eigenvalue weighted by atomic mass is 10.0. The van der Waals surface area contributed by atoms with Crippen molar-refractivity contribution in [1.82, 2.24) is 5.32 Å². The summed E-state index contributed by atoms with van der Waals surface area (Å²) in [5.74, 6) is 0.189. The Kier molecular flexibility index (Phi) is 29.6. The van der Waals surface area contributed by atoms with Gasteiger partial charge in [0.2, 0.25) is 5.91 Å². The van der Waals surface area contributed by atoms with Crippen LogP contribution in [0.5, 0.6) is 0 Å². The normalized spacial score (nSPS) is 11.4. The van der Waals surface area contributed by atoms with Gasteiger partial charge in [-0.1, -0.05) is 103 Å². The third-order valence-electron chi connectivity index (χ3n) is 6.41. The van der Waals surface area contributed by atoms with Crippen LogP contribution in [0.15, 0.2) is 0 Å². The van der Waals surface area contributed by atoms with E-state index in [1.54, 1.807) is 0 Å². The van der Waals surface area contributed by atoms with Crippen molar-refractivity contribution >= 4 is 5.91 Å². The van der Waals surface area contributed by atoms with E-state index in [4.69, 9.17) is 4.74 Å². The molecule has 0 unspecified atom stereocenters. The fraction of sp³-hybridized carbons (Fsp3) is 0.966. The summed E-state index contributed by atoms with van der Waals surface area (Å²) in [7, 11) is 6.55. The Hall–Kier alpha value is 0.120. The van der Waals surface area contributed by atoms with Gasteiger partial charge in [-0.05, 0) is 19.3 Å². The average molecular weight is 597 g/mol. The van der Waals surface area contributed by atoms with Gasteiger partial charge in [0.05, 0.1) is 27.7 Å². The second-order valence-electron chi connectivity index (χ2n) is 11.1. The third kappa shape index (κ3) is 32.1. The topological polar surface area (TPSA) is 38.3 Å². The molecule has 0 spiro atoms. The van der Waals surface area contributed by atoms with Gasteiger partial charge in [0.25, 0.3) is 0 Å². The number of hydrogen-bond donors (Lipinski definition) is 1. The van der Waals surface area contributed by atoms with Crippen LogP contribution in [0.3, 0.4) is 0 Å². The predicted octanol–water partition coefficient (Wildman–Crippen LogP) is 4.65. The maximum Gasteiger partial charge on any atom is 0.219 e. The Bertz CT molecular complexity index is 413. The second-order valence-corrected chi connectivity index (χ2v) is 11.1. The summed E-state index contributed by atoms with van der Waals surface area (Å²) in [5, 5.41) is 3.03. The lowest BCUT2D eigenvalue weighted by Crippen LogP contribution is -3.00. The molecule has 0 aromatic heterocycles. The molecule has 0 saturated carbocycles. The van der Waals surface area contributed by atoms with E-state index in [2.05, 4.69) is 33.4 Å². The first kappa shape index (κ1) is 36.3. The largest absolute Gasteiger partial charge is 1.00 e. The minimum absolute atomic E-state index is 0. The molecule has 206 valence electrons. The summed E-state index contributed by atoms with van der Waals surface area (Å²) in [6.07, 6.45) is 26.0. The van der Waals surface area contributed by atoms with Crippen molar-refractivity contribution in [3.05, 3.63) is 0 Å². The van der Waals surface area contributed by atoms with E-state index in [-0.39, 0.29) is 29.9 Å². The minimum atomic E-state index is 0. The number of nitrogens with zero attached hydrogens (tertiary/aromatic N) is 1. The van der Waals surface area contributed by atoms with Crippen LogP contribution < -0.4 is 29.3 Å². The van der Waals surface area contributed by atoms with Crippen molar-refractivity contribution in [2.45, 2.75) is 135 Å². The number of carbonyl (C=O) groups is 1. The van der Waals surface area contributed by atoms with Gasteiger partial charge in [0, 0.05) is 32.6 Å². The van der Waals surface area contributed by atoms with Crippen LogP contribution in [-0.4, -0.2) is 57.8 Å². The number of hydrogen-bond acceptors (Lipinski definition) is 2. The molecule has 0 aliphatic carbocycles. The number of rotatable bonds is 26. The molecule has 34 heavy (non-hydrogen) atoms. The maximum absolute atomic E-state index is 11.8. The van der Waals surface area contributed by atoms with Crippen LogP contribution in [0.4, 0.5) is 0 Å². The molecule has 0 atom stereocenters. The second kappa shape index (κ2) is 27.7. The zero-order chi connectivity index (χ0) is 24.5. The van der Waals surface area contributed by atoms with Crippen LogP contribution in [0.2, 0.25) is 0 Å². The van der Waals surface area contributed by atoms with Crippen molar-refractivity contribution in [2.24, 2.45) is 0 Å². The molecule has 0 aliphatic heterocycles. The fourth-order valence-corrected chi connectivity index (χ4v) is 4.21. The van der Waals surface area contributed by atoms with Crippen molar-refractivity contribution in [3.63, 3.8) is 0 Å². The molecule has 0 saturated heterocycles. The highest BCUT2D eigenvalue weighted by Crippen LogP contribution is 2.13. The van der Waals surface area contributed by atoms with E-state index < -0.39 is 0 Å². The van der Waals surface area contributed by atoms with E-state index >= 15 is 0 Å². The highest BCUT2D eigenvalue weighted by Gasteiger charge is 2.06. The molecule has 0 fully saturated rings. The predicted molar refractivity (Wildman–Crippen MR) is 145 cm³/mol. The molecule has 4 nitrogen and oxygen atoms in total. The van der Waals surface area contributed by atoms with Crippen molar-refractivity contribution in [3.8, 4) is 0 Å². The van der Waals surface area contributed by atoms with Crippen molar-refractivity contribution in [2.75, 3.05) is 47.4 Å². The first-order chi connectivity index (χ1) is 16.0. The van der Waals surface area contributed by atoms with Crippen LogP contribution in [-0.2, 0) is 9.53 Å². The fourth-order valence-electron chi connectivity index (χ4n) is 4.21. The Balaban J connectivity index is 0. The summed E-state index contributed by atoms with van der Waals surface area (Å²) in [5.41, 5.74) is 0. The molecule has 5 heteroatoms. The van der Waals surface area contributed by atoms with Gasteiger partial charge in [-0.2, -0.15) is 0 Å². The lowest BCUT2D eigenvalue weighted by Gasteiger charge is -2.23. The number of carbonyl (C=O) groups excluding carboxylic acids is 1. The van der Waals surface area contributed by atoms with Crippen LogP contribution in [0.1, 0.15) is 135 Å². The smallest absolute Gasteiger partial charge is 0.219 e. The number of unbranched alkanes of at least 4 members (excludes halogenated alkanes) is 16.